The second-order valence-corrected chi connectivity index (χ2v) is 5.13. The average Bonchev–Trinajstić information content (AvgIpc) is 2.34. The van der Waals surface area contributed by atoms with Crippen molar-refractivity contribution >= 4 is 23.4 Å². The Balaban J connectivity index is 2.43. The van der Waals surface area contributed by atoms with Gasteiger partial charge in [-0.2, -0.15) is 0 Å². The molecule has 1 N–H and O–H groups in total. The van der Waals surface area contributed by atoms with E-state index in [9.17, 15) is 9.50 Å². The van der Waals surface area contributed by atoms with E-state index in [0.29, 0.717) is 20.5 Å². The van der Waals surface area contributed by atoms with Gasteiger partial charge in [0.1, 0.15) is 10.8 Å². The van der Waals surface area contributed by atoms with Gasteiger partial charge in [0.05, 0.1) is 16.0 Å². The fourth-order valence-corrected chi connectivity index (χ4v) is 2.74. The van der Waals surface area contributed by atoms with Crippen molar-refractivity contribution in [2.24, 2.45) is 0 Å². The molecule has 2 nitrogen and oxygen atoms in total. The van der Waals surface area contributed by atoms with E-state index in [4.69, 9.17) is 11.6 Å². The highest BCUT2D eigenvalue weighted by atomic mass is 35.5. The highest BCUT2D eigenvalue weighted by Crippen LogP contribution is 2.37. The fraction of sp³-hybridized carbons (Fsp3) is 0.154. The van der Waals surface area contributed by atoms with E-state index in [-0.39, 0.29) is 5.82 Å². The van der Waals surface area contributed by atoms with Crippen LogP contribution in [0.4, 0.5) is 4.39 Å². The van der Waals surface area contributed by atoms with E-state index in [1.165, 1.54) is 6.07 Å². The van der Waals surface area contributed by atoms with Crippen molar-refractivity contribution in [3.63, 3.8) is 0 Å². The standard InChI is InChI=1S/C13H11ClFNOS/c1-8(17)9-4-2-6-11(15)12(9)18-13-10(14)5-3-7-16-13/h2-8,17H,1H3/t8-/m1/s1. The molecule has 0 radical (unpaired) electrons. The third kappa shape index (κ3) is 2.83. The first-order chi connectivity index (χ1) is 8.59. The normalized spacial score (nSPS) is 12.4. The number of aliphatic hydroxyl groups excluding tert-OH is 1. The highest BCUT2D eigenvalue weighted by Gasteiger charge is 2.15. The molecule has 18 heavy (non-hydrogen) atoms. The molecule has 5 heteroatoms. The van der Waals surface area contributed by atoms with E-state index in [1.54, 1.807) is 37.4 Å². The molecule has 1 atom stereocenters. The number of nitrogens with zero attached hydrogens (tertiary/aromatic N) is 1. The van der Waals surface area contributed by atoms with Gasteiger partial charge < -0.3 is 5.11 Å². The SMILES string of the molecule is C[C@@H](O)c1cccc(F)c1Sc1ncccc1Cl. The van der Waals surface area contributed by atoms with Crippen LogP contribution in [0, 0.1) is 5.82 Å². The lowest BCUT2D eigenvalue weighted by atomic mass is 10.1. The number of hydrogen-bond donors (Lipinski definition) is 1. The molecule has 1 heterocycles. The van der Waals surface area contributed by atoms with Crippen LogP contribution in [0.3, 0.4) is 0 Å². The van der Waals surface area contributed by atoms with Crippen molar-refractivity contribution in [3.05, 3.63) is 52.9 Å². The van der Waals surface area contributed by atoms with Crippen LogP contribution in [-0.2, 0) is 0 Å². The predicted molar refractivity (Wildman–Crippen MR) is 70.4 cm³/mol. The van der Waals surface area contributed by atoms with Gasteiger partial charge in [-0.3, -0.25) is 0 Å². The van der Waals surface area contributed by atoms with E-state index < -0.39 is 6.10 Å². The van der Waals surface area contributed by atoms with Crippen molar-refractivity contribution in [3.8, 4) is 0 Å². The summed E-state index contributed by atoms with van der Waals surface area (Å²) in [7, 11) is 0. The van der Waals surface area contributed by atoms with E-state index in [2.05, 4.69) is 4.98 Å². The first kappa shape index (κ1) is 13.3. The third-order valence-corrected chi connectivity index (χ3v) is 3.94. The zero-order chi connectivity index (χ0) is 13.1. The fourth-order valence-electron chi connectivity index (χ4n) is 1.51. The maximum absolute atomic E-state index is 13.8. The highest BCUT2D eigenvalue weighted by molar-refractivity contribution is 7.99. The summed E-state index contributed by atoms with van der Waals surface area (Å²) in [6.45, 7) is 1.60. The number of aromatic nitrogens is 1. The van der Waals surface area contributed by atoms with Gasteiger partial charge >= 0.3 is 0 Å². The number of rotatable bonds is 3. The van der Waals surface area contributed by atoms with Crippen LogP contribution < -0.4 is 0 Å². The zero-order valence-corrected chi connectivity index (χ0v) is 11.2. The number of benzene rings is 1. The Bertz CT molecular complexity index is 562. The topological polar surface area (TPSA) is 33.1 Å². The number of aliphatic hydroxyl groups is 1. The smallest absolute Gasteiger partial charge is 0.137 e. The Morgan fingerprint density at radius 1 is 1.33 bits per heavy atom. The van der Waals surface area contributed by atoms with Gasteiger partial charge in [0.15, 0.2) is 0 Å². The molecule has 2 rings (SSSR count). The molecule has 1 aromatic heterocycles. The minimum atomic E-state index is -0.745. The van der Waals surface area contributed by atoms with Gasteiger partial charge in [0, 0.05) is 6.20 Å². The minimum Gasteiger partial charge on any atom is -0.389 e. The van der Waals surface area contributed by atoms with Crippen LogP contribution in [0.2, 0.25) is 5.02 Å². The van der Waals surface area contributed by atoms with Crippen LogP contribution >= 0.6 is 23.4 Å². The molecule has 0 amide bonds. The molecular formula is C13H11ClFNOS. The van der Waals surface area contributed by atoms with Crippen molar-refractivity contribution in [1.82, 2.24) is 4.98 Å². The monoisotopic (exact) mass is 283 g/mol. The van der Waals surface area contributed by atoms with Crippen LogP contribution in [0.1, 0.15) is 18.6 Å². The quantitative estimate of drug-likeness (QED) is 0.921. The summed E-state index contributed by atoms with van der Waals surface area (Å²) in [4.78, 5) is 4.45. The molecule has 0 fully saturated rings. The molecule has 94 valence electrons. The minimum absolute atomic E-state index is 0.355. The van der Waals surface area contributed by atoms with Crippen LogP contribution in [0.5, 0.6) is 0 Å². The first-order valence-corrected chi connectivity index (χ1v) is 6.54. The number of hydrogen-bond acceptors (Lipinski definition) is 3. The zero-order valence-electron chi connectivity index (χ0n) is 9.60. The van der Waals surface area contributed by atoms with Gasteiger partial charge in [-0.1, -0.05) is 35.5 Å². The molecule has 0 bridgehead atoms. The Morgan fingerprint density at radius 3 is 2.78 bits per heavy atom. The van der Waals surface area contributed by atoms with Crippen molar-refractivity contribution in [2.75, 3.05) is 0 Å². The Kier molecular flexibility index (Phi) is 4.22. The summed E-state index contributed by atoms with van der Waals surface area (Å²) >= 11 is 7.11. The maximum Gasteiger partial charge on any atom is 0.137 e. The van der Waals surface area contributed by atoms with Gasteiger partial charge in [-0.25, -0.2) is 9.37 Å². The molecule has 0 aliphatic carbocycles. The van der Waals surface area contributed by atoms with E-state index in [1.807, 2.05) is 0 Å². The van der Waals surface area contributed by atoms with Gasteiger partial charge in [0.25, 0.3) is 0 Å². The van der Waals surface area contributed by atoms with Crippen molar-refractivity contribution in [2.45, 2.75) is 22.9 Å². The lowest BCUT2D eigenvalue weighted by Crippen LogP contribution is -1.97. The van der Waals surface area contributed by atoms with Crippen molar-refractivity contribution < 1.29 is 9.50 Å². The summed E-state index contributed by atoms with van der Waals surface area (Å²) in [5, 5.41) is 10.6. The third-order valence-electron chi connectivity index (χ3n) is 2.37. The summed E-state index contributed by atoms with van der Waals surface area (Å²) in [5.41, 5.74) is 0.529. The van der Waals surface area contributed by atoms with E-state index >= 15 is 0 Å². The van der Waals surface area contributed by atoms with Crippen LogP contribution in [-0.4, -0.2) is 10.1 Å². The van der Waals surface area contributed by atoms with Crippen molar-refractivity contribution in [1.29, 1.82) is 0 Å². The molecule has 0 unspecified atom stereocenters. The molecule has 0 aliphatic heterocycles. The molecule has 0 saturated carbocycles. The second-order valence-electron chi connectivity index (χ2n) is 3.73. The van der Waals surface area contributed by atoms with Crippen LogP contribution in [0.15, 0.2) is 46.5 Å². The summed E-state index contributed by atoms with van der Waals surface area (Å²) in [5.74, 6) is -0.389. The first-order valence-electron chi connectivity index (χ1n) is 5.34. The Labute approximate surface area is 114 Å². The van der Waals surface area contributed by atoms with E-state index in [0.717, 1.165) is 11.8 Å². The summed E-state index contributed by atoms with van der Waals surface area (Å²) < 4.78 is 13.8. The molecule has 0 aliphatic rings. The molecule has 2 aromatic rings. The summed E-state index contributed by atoms with van der Waals surface area (Å²) in [6, 6.07) is 8.02. The molecule has 0 saturated heterocycles. The largest absolute Gasteiger partial charge is 0.389 e. The van der Waals surface area contributed by atoms with Gasteiger partial charge in [0.2, 0.25) is 0 Å². The van der Waals surface area contributed by atoms with Crippen LogP contribution in [0.25, 0.3) is 0 Å². The number of halogens is 2. The Hall–Kier alpha value is -1.10. The number of pyridine rings is 1. The predicted octanol–water partition coefficient (Wildman–Crippen LogP) is 4.08. The van der Waals surface area contributed by atoms with Gasteiger partial charge in [-0.15, -0.1) is 0 Å². The maximum atomic E-state index is 13.8. The molecular weight excluding hydrogens is 273 g/mol. The molecule has 0 spiro atoms. The lowest BCUT2D eigenvalue weighted by Gasteiger charge is -2.12. The summed E-state index contributed by atoms with van der Waals surface area (Å²) in [6.07, 6.45) is 0.850. The Morgan fingerprint density at radius 2 is 2.11 bits per heavy atom. The second kappa shape index (κ2) is 5.69. The molecule has 1 aromatic carbocycles. The average molecular weight is 284 g/mol. The lowest BCUT2D eigenvalue weighted by molar-refractivity contribution is 0.195. The van der Waals surface area contributed by atoms with Gasteiger partial charge in [-0.05, 0) is 30.7 Å².